The van der Waals surface area contributed by atoms with E-state index in [1.54, 1.807) is 0 Å². The summed E-state index contributed by atoms with van der Waals surface area (Å²) in [5.41, 5.74) is -1.12. The molecule has 1 N–H and O–H groups in total. The van der Waals surface area contributed by atoms with Crippen molar-refractivity contribution >= 4 is 0 Å². The summed E-state index contributed by atoms with van der Waals surface area (Å²) in [6.07, 6.45) is 7.52. The molecule has 0 heterocycles. The van der Waals surface area contributed by atoms with Crippen molar-refractivity contribution in [1.82, 2.24) is 0 Å². The summed E-state index contributed by atoms with van der Waals surface area (Å²) in [7, 11) is 0. The number of aliphatic hydroxyl groups is 1. The molecule has 1 aliphatic rings. The van der Waals surface area contributed by atoms with Crippen molar-refractivity contribution in [1.29, 1.82) is 0 Å². The Morgan fingerprint density at radius 2 is 2.08 bits per heavy atom. The van der Waals surface area contributed by atoms with E-state index in [0.717, 1.165) is 6.08 Å². The fourth-order valence-electron chi connectivity index (χ4n) is 1.32. The van der Waals surface area contributed by atoms with E-state index in [9.17, 15) is 13.9 Å². The summed E-state index contributed by atoms with van der Waals surface area (Å²) in [5, 5.41) is 9.72. The van der Waals surface area contributed by atoms with Gasteiger partial charge in [0.25, 0.3) is 5.92 Å². The highest BCUT2D eigenvalue weighted by Gasteiger charge is 2.36. The van der Waals surface area contributed by atoms with Crippen LogP contribution in [0.3, 0.4) is 0 Å². The van der Waals surface area contributed by atoms with Gasteiger partial charge in [-0.2, -0.15) is 0 Å². The molecule has 0 saturated carbocycles. The molecule has 3 heteroatoms. The zero-order valence-electron chi connectivity index (χ0n) is 7.26. The zero-order chi connectivity index (χ0) is 9.95. The van der Waals surface area contributed by atoms with Gasteiger partial charge in [0.15, 0.2) is 0 Å². The molecule has 1 unspecified atom stereocenters. The second-order valence-corrected chi connectivity index (χ2v) is 3.40. The molecule has 0 bridgehead atoms. The molecule has 13 heavy (non-hydrogen) atoms. The summed E-state index contributed by atoms with van der Waals surface area (Å²) in [6, 6.07) is 0. The molecule has 0 aromatic carbocycles. The quantitative estimate of drug-likeness (QED) is 0.517. The van der Waals surface area contributed by atoms with Crippen LogP contribution in [0.25, 0.3) is 0 Å². The van der Waals surface area contributed by atoms with Gasteiger partial charge in [-0.15, -0.1) is 12.3 Å². The van der Waals surface area contributed by atoms with Crippen LogP contribution in [0.4, 0.5) is 8.78 Å². The van der Waals surface area contributed by atoms with Gasteiger partial charge in [-0.3, -0.25) is 0 Å². The fourth-order valence-corrected chi connectivity index (χ4v) is 1.32. The maximum absolute atomic E-state index is 12.6. The van der Waals surface area contributed by atoms with E-state index < -0.39 is 11.5 Å². The summed E-state index contributed by atoms with van der Waals surface area (Å²) < 4.78 is 25.3. The SMILES string of the molecule is C#CCCC1(O)C=CC(F)(F)CC1. The first-order chi connectivity index (χ1) is 5.97. The number of rotatable bonds is 2. The molecule has 0 aromatic rings. The van der Waals surface area contributed by atoms with Crippen LogP contribution in [-0.4, -0.2) is 16.6 Å². The Morgan fingerprint density at radius 1 is 1.38 bits per heavy atom. The molecule has 1 atom stereocenters. The minimum atomic E-state index is -2.76. The largest absolute Gasteiger partial charge is 0.386 e. The molecule has 0 saturated heterocycles. The number of allylic oxidation sites excluding steroid dienone is 1. The van der Waals surface area contributed by atoms with Crippen LogP contribution in [0.2, 0.25) is 0 Å². The van der Waals surface area contributed by atoms with Crippen LogP contribution in [-0.2, 0) is 0 Å². The third-order valence-corrected chi connectivity index (χ3v) is 2.23. The van der Waals surface area contributed by atoms with Crippen LogP contribution >= 0.6 is 0 Å². The predicted molar refractivity (Wildman–Crippen MR) is 46.3 cm³/mol. The molecule has 0 radical (unpaired) electrons. The summed E-state index contributed by atoms with van der Waals surface area (Å²) in [4.78, 5) is 0. The van der Waals surface area contributed by atoms with Crippen LogP contribution in [0.15, 0.2) is 12.2 Å². The monoisotopic (exact) mass is 186 g/mol. The van der Waals surface area contributed by atoms with Gasteiger partial charge in [0.2, 0.25) is 0 Å². The first-order valence-electron chi connectivity index (χ1n) is 4.22. The van der Waals surface area contributed by atoms with Crippen LogP contribution in [0, 0.1) is 12.3 Å². The Hall–Kier alpha value is -0.880. The predicted octanol–water partition coefficient (Wildman–Crippen LogP) is 2.12. The summed E-state index contributed by atoms with van der Waals surface area (Å²) >= 11 is 0. The van der Waals surface area contributed by atoms with Gasteiger partial charge < -0.3 is 5.11 Å². The first kappa shape index (κ1) is 10.2. The molecule has 1 rings (SSSR count). The van der Waals surface area contributed by atoms with E-state index in [4.69, 9.17) is 6.42 Å². The third kappa shape index (κ3) is 2.82. The average molecular weight is 186 g/mol. The lowest BCUT2D eigenvalue weighted by atomic mass is 9.86. The highest BCUT2D eigenvalue weighted by Crippen LogP contribution is 2.34. The van der Waals surface area contributed by atoms with Crippen molar-refractivity contribution in [2.75, 3.05) is 0 Å². The first-order valence-corrected chi connectivity index (χ1v) is 4.22. The number of alkyl halides is 2. The number of halogens is 2. The Labute approximate surface area is 76.5 Å². The van der Waals surface area contributed by atoms with E-state index in [0.29, 0.717) is 12.8 Å². The van der Waals surface area contributed by atoms with Gasteiger partial charge in [0.1, 0.15) is 0 Å². The summed E-state index contributed by atoms with van der Waals surface area (Å²) in [5.74, 6) is -0.382. The lowest BCUT2D eigenvalue weighted by Crippen LogP contribution is -2.33. The molecule has 1 aliphatic carbocycles. The molecular weight excluding hydrogens is 174 g/mol. The van der Waals surface area contributed by atoms with Crippen molar-refractivity contribution in [3.63, 3.8) is 0 Å². The Morgan fingerprint density at radius 3 is 2.54 bits per heavy atom. The van der Waals surface area contributed by atoms with E-state index in [2.05, 4.69) is 5.92 Å². The number of hydrogen-bond acceptors (Lipinski definition) is 1. The van der Waals surface area contributed by atoms with Crippen LogP contribution in [0.1, 0.15) is 25.7 Å². The second kappa shape index (κ2) is 3.47. The minimum Gasteiger partial charge on any atom is -0.386 e. The summed E-state index contributed by atoms with van der Waals surface area (Å²) in [6.45, 7) is 0. The van der Waals surface area contributed by atoms with E-state index in [-0.39, 0.29) is 12.8 Å². The van der Waals surface area contributed by atoms with Gasteiger partial charge in [0.05, 0.1) is 5.60 Å². The molecule has 1 nitrogen and oxygen atoms in total. The molecule has 0 fully saturated rings. The second-order valence-electron chi connectivity index (χ2n) is 3.40. The molecule has 0 amide bonds. The van der Waals surface area contributed by atoms with Crippen molar-refractivity contribution in [3.8, 4) is 12.3 Å². The van der Waals surface area contributed by atoms with Gasteiger partial charge in [-0.25, -0.2) is 8.78 Å². The molecule has 72 valence electrons. The van der Waals surface area contributed by atoms with E-state index in [1.807, 2.05) is 0 Å². The molecule has 0 aromatic heterocycles. The van der Waals surface area contributed by atoms with Gasteiger partial charge in [-0.1, -0.05) is 6.08 Å². The maximum atomic E-state index is 12.6. The van der Waals surface area contributed by atoms with Crippen LogP contribution in [0.5, 0.6) is 0 Å². The van der Waals surface area contributed by atoms with Gasteiger partial charge in [0, 0.05) is 12.8 Å². The molecule has 0 aliphatic heterocycles. The van der Waals surface area contributed by atoms with Gasteiger partial charge >= 0.3 is 0 Å². The number of hydrogen-bond donors (Lipinski definition) is 1. The van der Waals surface area contributed by atoms with Crippen molar-refractivity contribution in [2.45, 2.75) is 37.2 Å². The van der Waals surface area contributed by atoms with Crippen molar-refractivity contribution < 1.29 is 13.9 Å². The third-order valence-electron chi connectivity index (χ3n) is 2.23. The lowest BCUT2D eigenvalue weighted by Gasteiger charge is -2.30. The molecule has 0 spiro atoms. The normalized spacial score (nSPS) is 31.2. The van der Waals surface area contributed by atoms with Crippen LogP contribution < -0.4 is 0 Å². The Balaban J connectivity index is 2.60. The maximum Gasteiger partial charge on any atom is 0.266 e. The van der Waals surface area contributed by atoms with Crippen molar-refractivity contribution in [2.24, 2.45) is 0 Å². The smallest absolute Gasteiger partial charge is 0.266 e. The van der Waals surface area contributed by atoms with Gasteiger partial charge in [-0.05, 0) is 18.9 Å². The lowest BCUT2D eigenvalue weighted by molar-refractivity contribution is -0.0142. The topological polar surface area (TPSA) is 20.2 Å². The zero-order valence-corrected chi connectivity index (χ0v) is 7.26. The average Bonchev–Trinajstić information content (AvgIpc) is 2.08. The van der Waals surface area contributed by atoms with Crippen molar-refractivity contribution in [3.05, 3.63) is 12.2 Å². The molecular formula is C10H12F2O. The number of terminal acetylenes is 1. The van der Waals surface area contributed by atoms with E-state index >= 15 is 0 Å². The fraction of sp³-hybridized carbons (Fsp3) is 0.600. The Bertz CT molecular complexity index is 252. The highest BCUT2D eigenvalue weighted by atomic mass is 19.3. The minimum absolute atomic E-state index is 0.0815. The highest BCUT2D eigenvalue weighted by molar-refractivity contribution is 5.12. The standard InChI is InChI=1S/C10H12F2O/c1-2-3-4-9(13)5-7-10(11,12)8-6-9/h1,5,7,13H,3-4,6,8H2. The van der Waals surface area contributed by atoms with E-state index in [1.165, 1.54) is 6.08 Å². The Kier molecular flexibility index (Phi) is 2.72.